The first kappa shape index (κ1) is 26.4. The van der Waals surface area contributed by atoms with Crippen LogP contribution in [0.25, 0.3) is 11.0 Å². The molecule has 4 aromatic rings. The maximum absolute atomic E-state index is 13.1. The number of carbonyl (C=O) groups excluding carboxylic acids is 2. The highest BCUT2D eigenvalue weighted by molar-refractivity contribution is 6.22. The minimum atomic E-state index is -0.195. The average molecular weight is 524 g/mol. The van der Waals surface area contributed by atoms with Crippen molar-refractivity contribution in [1.29, 1.82) is 0 Å². The van der Waals surface area contributed by atoms with Crippen LogP contribution in [0.3, 0.4) is 0 Å². The molecule has 7 nitrogen and oxygen atoms in total. The van der Waals surface area contributed by atoms with Crippen LogP contribution in [0, 0.1) is 5.92 Å². The summed E-state index contributed by atoms with van der Waals surface area (Å²) in [6, 6.07) is 19.6. The number of fused-ring (bicyclic) bond motifs is 2. The minimum absolute atomic E-state index is 0.194. The van der Waals surface area contributed by atoms with Gasteiger partial charge in [-0.3, -0.25) is 14.5 Å². The van der Waals surface area contributed by atoms with E-state index in [4.69, 9.17) is 9.37 Å². The molecule has 2 amide bonds. The zero-order chi connectivity index (χ0) is 27.5. The first-order valence-corrected chi connectivity index (χ1v) is 13.4. The molecule has 1 aromatic heterocycles. The maximum Gasteiger partial charge on any atom is 0.261 e. The van der Waals surface area contributed by atoms with Gasteiger partial charge >= 0.3 is 0 Å². The minimum Gasteiger partial charge on any atom is -0.465 e. The van der Waals surface area contributed by atoms with Crippen LogP contribution in [0.15, 0.2) is 77.1 Å². The zero-order valence-electron chi connectivity index (χ0n) is 22.8. The van der Waals surface area contributed by atoms with Crippen molar-refractivity contribution < 1.29 is 19.0 Å². The summed E-state index contributed by atoms with van der Waals surface area (Å²) in [5.41, 5.74) is 6.67. The summed E-state index contributed by atoms with van der Waals surface area (Å²) in [6.45, 7) is 8.78. The topological polar surface area (TPSA) is 85.5 Å². The lowest BCUT2D eigenvalue weighted by Gasteiger charge is -2.15. The highest BCUT2D eigenvalue weighted by Gasteiger charge is 2.36. The molecule has 0 aliphatic carbocycles. The first-order chi connectivity index (χ1) is 18.8. The SMILES string of the molecule is C/C(=C\Oc1cccc(CC(C)c2ccc3nonc3c2)c1)Cc1cccc2c1C(=O)N(CCC(C)C)C2=O. The van der Waals surface area contributed by atoms with E-state index in [2.05, 4.69) is 43.2 Å². The molecule has 0 saturated carbocycles. The number of ether oxygens (including phenoxy) is 1. The molecule has 0 spiro atoms. The van der Waals surface area contributed by atoms with Crippen LogP contribution in [0.5, 0.6) is 5.75 Å². The highest BCUT2D eigenvalue weighted by atomic mass is 16.6. The summed E-state index contributed by atoms with van der Waals surface area (Å²) in [5, 5.41) is 7.82. The number of hydrogen-bond acceptors (Lipinski definition) is 6. The number of imide groups is 1. The fraction of sp³-hybridized carbons (Fsp3) is 0.312. The molecule has 1 aliphatic rings. The Balaban J connectivity index is 1.25. The number of carbonyl (C=O) groups is 2. The smallest absolute Gasteiger partial charge is 0.261 e. The molecule has 5 rings (SSSR count). The van der Waals surface area contributed by atoms with Gasteiger partial charge in [0, 0.05) is 6.54 Å². The Kier molecular flexibility index (Phi) is 7.59. The molecule has 1 aliphatic heterocycles. The molecule has 2 heterocycles. The van der Waals surface area contributed by atoms with Crippen LogP contribution in [-0.2, 0) is 12.8 Å². The van der Waals surface area contributed by atoms with Crippen LogP contribution in [0.2, 0.25) is 0 Å². The lowest BCUT2D eigenvalue weighted by molar-refractivity contribution is 0.0647. The zero-order valence-corrected chi connectivity index (χ0v) is 22.8. The van der Waals surface area contributed by atoms with Crippen molar-refractivity contribution in [2.24, 2.45) is 5.92 Å². The van der Waals surface area contributed by atoms with Gasteiger partial charge in [-0.15, -0.1) is 0 Å². The van der Waals surface area contributed by atoms with Crippen LogP contribution in [0.1, 0.15) is 77.4 Å². The predicted molar refractivity (Wildman–Crippen MR) is 150 cm³/mol. The summed E-state index contributed by atoms with van der Waals surface area (Å²) in [7, 11) is 0. The van der Waals surface area contributed by atoms with E-state index in [9.17, 15) is 9.59 Å². The number of nitrogens with zero attached hydrogens (tertiary/aromatic N) is 3. The van der Waals surface area contributed by atoms with Crippen molar-refractivity contribution in [3.05, 3.63) is 100 Å². The summed E-state index contributed by atoms with van der Waals surface area (Å²) in [6.07, 6.45) is 3.89. The lowest BCUT2D eigenvalue weighted by atomic mass is 9.93. The Morgan fingerprint density at radius 2 is 1.77 bits per heavy atom. The maximum atomic E-state index is 13.1. The van der Waals surface area contributed by atoms with Gasteiger partial charge in [0.2, 0.25) is 0 Å². The summed E-state index contributed by atoms with van der Waals surface area (Å²) >= 11 is 0. The average Bonchev–Trinajstić information content (AvgIpc) is 3.48. The molecule has 0 bridgehead atoms. The van der Waals surface area contributed by atoms with Crippen molar-refractivity contribution >= 4 is 22.8 Å². The molecule has 0 fully saturated rings. The van der Waals surface area contributed by atoms with Gasteiger partial charge < -0.3 is 4.74 Å². The summed E-state index contributed by atoms with van der Waals surface area (Å²) < 4.78 is 10.8. The summed E-state index contributed by atoms with van der Waals surface area (Å²) in [4.78, 5) is 27.4. The number of benzene rings is 3. The number of allylic oxidation sites excluding steroid dienone is 1. The molecular formula is C32H33N3O4. The van der Waals surface area contributed by atoms with Crippen LogP contribution >= 0.6 is 0 Å². The van der Waals surface area contributed by atoms with E-state index in [0.717, 1.165) is 46.3 Å². The normalized spacial score (nSPS) is 14.4. The third kappa shape index (κ3) is 5.77. The molecule has 0 radical (unpaired) electrons. The Hall–Kier alpha value is -4.26. The van der Waals surface area contributed by atoms with Crippen molar-refractivity contribution in [2.75, 3.05) is 6.54 Å². The Labute approximate surface area is 228 Å². The van der Waals surface area contributed by atoms with E-state index in [0.29, 0.717) is 30.0 Å². The quantitative estimate of drug-likeness (QED) is 0.169. The molecule has 7 heteroatoms. The Bertz CT molecular complexity index is 1550. The fourth-order valence-electron chi connectivity index (χ4n) is 4.97. The van der Waals surface area contributed by atoms with Crippen molar-refractivity contribution in [2.45, 2.75) is 52.9 Å². The molecular weight excluding hydrogens is 490 g/mol. The number of hydrogen-bond donors (Lipinski definition) is 0. The van der Waals surface area contributed by atoms with Crippen LogP contribution in [-0.4, -0.2) is 33.6 Å². The van der Waals surface area contributed by atoms with Gasteiger partial charge in [-0.05, 0) is 101 Å². The lowest BCUT2D eigenvalue weighted by Crippen LogP contribution is -2.31. The van der Waals surface area contributed by atoms with E-state index < -0.39 is 0 Å². The fourth-order valence-corrected chi connectivity index (χ4v) is 4.97. The van der Waals surface area contributed by atoms with Crippen LogP contribution in [0.4, 0.5) is 0 Å². The van der Waals surface area contributed by atoms with Crippen molar-refractivity contribution in [1.82, 2.24) is 15.2 Å². The standard InChI is InChI=1S/C32H33N3O4/c1-20(2)13-14-35-31(36)27-10-6-8-25(30(27)32(35)37)15-21(3)19-38-26-9-5-7-23(17-26)16-22(4)24-11-12-28-29(18-24)34-39-33-28/h5-12,17-20,22H,13-16H2,1-4H3/b21-19+. The second-order valence-electron chi connectivity index (χ2n) is 10.8. The van der Waals surface area contributed by atoms with E-state index in [-0.39, 0.29) is 17.7 Å². The van der Waals surface area contributed by atoms with Crippen LogP contribution < -0.4 is 4.74 Å². The monoisotopic (exact) mass is 523 g/mol. The van der Waals surface area contributed by atoms with Crippen molar-refractivity contribution in [3.8, 4) is 5.75 Å². The second kappa shape index (κ2) is 11.2. The molecule has 1 atom stereocenters. The molecule has 0 N–H and O–H groups in total. The number of rotatable bonds is 10. The largest absolute Gasteiger partial charge is 0.465 e. The number of amides is 2. The van der Waals surface area contributed by atoms with Gasteiger partial charge in [0.1, 0.15) is 16.8 Å². The molecule has 39 heavy (non-hydrogen) atoms. The predicted octanol–water partition coefficient (Wildman–Crippen LogP) is 6.74. The van der Waals surface area contributed by atoms with Gasteiger partial charge in [-0.2, -0.15) is 0 Å². The van der Waals surface area contributed by atoms with E-state index in [1.54, 1.807) is 12.3 Å². The third-order valence-corrected chi connectivity index (χ3v) is 7.17. The van der Waals surface area contributed by atoms with Gasteiger partial charge in [0.15, 0.2) is 0 Å². The van der Waals surface area contributed by atoms with Gasteiger partial charge in [-0.1, -0.05) is 51.1 Å². The number of aromatic nitrogens is 2. The van der Waals surface area contributed by atoms with E-state index in [1.807, 2.05) is 49.4 Å². The molecule has 1 unspecified atom stereocenters. The third-order valence-electron chi connectivity index (χ3n) is 7.17. The van der Waals surface area contributed by atoms with Crippen molar-refractivity contribution in [3.63, 3.8) is 0 Å². The molecule has 3 aromatic carbocycles. The Morgan fingerprint density at radius 3 is 2.59 bits per heavy atom. The summed E-state index contributed by atoms with van der Waals surface area (Å²) in [5.74, 6) is 1.05. The molecule has 200 valence electrons. The van der Waals surface area contributed by atoms with E-state index in [1.165, 1.54) is 10.5 Å². The Morgan fingerprint density at radius 1 is 0.974 bits per heavy atom. The first-order valence-electron chi connectivity index (χ1n) is 13.4. The molecule has 0 saturated heterocycles. The van der Waals surface area contributed by atoms with E-state index >= 15 is 0 Å². The van der Waals surface area contributed by atoms with Gasteiger partial charge in [0.25, 0.3) is 11.8 Å². The second-order valence-corrected chi connectivity index (χ2v) is 10.8. The van der Waals surface area contributed by atoms with Gasteiger partial charge in [0.05, 0.1) is 17.4 Å². The van der Waals surface area contributed by atoms with Gasteiger partial charge in [-0.25, -0.2) is 4.63 Å². The highest BCUT2D eigenvalue weighted by Crippen LogP contribution is 2.29.